The van der Waals surface area contributed by atoms with Gasteiger partial charge in [-0.15, -0.1) is 0 Å². The van der Waals surface area contributed by atoms with Crippen molar-refractivity contribution in [1.29, 1.82) is 0 Å². The zero-order chi connectivity index (χ0) is 23.0. The molecule has 10 nitrogen and oxygen atoms in total. The second-order valence-corrected chi connectivity index (χ2v) is 8.45. The maximum atomic E-state index is 11.2. The number of methoxy groups -OCH3 is 1. The topological polar surface area (TPSA) is 134 Å². The fourth-order valence-corrected chi connectivity index (χ4v) is 4.23. The number of rotatable bonds is 10. The smallest absolute Gasteiger partial charge is 0.409 e. The first-order chi connectivity index (χ1) is 16.1. The molecule has 1 aliphatic heterocycles. The van der Waals surface area contributed by atoms with E-state index in [4.69, 9.17) is 19.9 Å². The van der Waals surface area contributed by atoms with Crippen LogP contribution in [-0.2, 0) is 15.9 Å². The molecule has 1 saturated heterocycles. The van der Waals surface area contributed by atoms with Gasteiger partial charge in [0.1, 0.15) is 5.75 Å². The first kappa shape index (κ1) is 22.9. The van der Waals surface area contributed by atoms with Crippen molar-refractivity contribution in [2.45, 2.75) is 25.4 Å². The van der Waals surface area contributed by atoms with E-state index in [1.165, 1.54) is 11.3 Å². The van der Waals surface area contributed by atoms with Crippen molar-refractivity contribution in [3.05, 3.63) is 42.2 Å². The van der Waals surface area contributed by atoms with Gasteiger partial charge in [0.05, 0.1) is 23.3 Å². The highest BCUT2D eigenvalue weighted by molar-refractivity contribution is 7.18. The lowest BCUT2D eigenvalue weighted by Gasteiger charge is -2.12. The molecule has 11 heteroatoms. The lowest BCUT2D eigenvalue weighted by Crippen LogP contribution is -2.18. The van der Waals surface area contributed by atoms with Crippen LogP contribution in [0.25, 0.3) is 10.6 Å². The Kier molecular flexibility index (Phi) is 7.66. The molecule has 0 saturated carbocycles. The number of amides is 1. The minimum atomic E-state index is -0.861. The van der Waals surface area contributed by atoms with Crippen molar-refractivity contribution >= 4 is 34.2 Å². The molecule has 0 bridgehead atoms. The number of nitrogens with zero attached hydrogens (tertiary/aromatic N) is 3. The summed E-state index contributed by atoms with van der Waals surface area (Å²) >= 11 is 1.53. The van der Waals surface area contributed by atoms with Crippen molar-refractivity contribution in [2.75, 3.05) is 37.5 Å². The van der Waals surface area contributed by atoms with E-state index in [9.17, 15) is 4.79 Å². The van der Waals surface area contributed by atoms with Crippen LogP contribution in [0.1, 0.15) is 18.4 Å². The number of primary amides is 1. The van der Waals surface area contributed by atoms with Crippen LogP contribution in [-0.4, -0.2) is 54.0 Å². The quantitative estimate of drug-likeness (QED) is 0.406. The first-order valence-corrected chi connectivity index (χ1v) is 11.4. The molecule has 3 aromatic rings. The maximum Gasteiger partial charge on any atom is 0.409 e. The Morgan fingerprint density at radius 1 is 1.33 bits per heavy atom. The molecule has 4 N–H and O–H groups in total. The number of carbonyl (C=O) groups excluding carboxylic acids is 1. The van der Waals surface area contributed by atoms with Crippen molar-refractivity contribution in [3.8, 4) is 16.3 Å². The van der Waals surface area contributed by atoms with Gasteiger partial charge in [-0.25, -0.2) is 19.7 Å². The molecule has 1 unspecified atom stereocenters. The average molecular weight is 471 g/mol. The number of nitrogens with one attached hydrogen (secondary N) is 2. The normalized spacial score (nSPS) is 15.4. The molecule has 1 atom stereocenters. The van der Waals surface area contributed by atoms with Crippen LogP contribution in [0.4, 0.5) is 21.6 Å². The van der Waals surface area contributed by atoms with Crippen LogP contribution in [0, 0.1) is 0 Å². The summed E-state index contributed by atoms with van der Waals surface area (Å²) in [6.07, 6.45) is 5.63. The van der Waals surface area contributed by atoms with E-state index in [1.807, 2.05) is 12.1 Å². The Balaban J connectivity index is 1.45. The van der Waals surface area contributed by atoms with Gasteiger partial charge < -0.3 is 30.6 Å². The van der Waals surface area contributed by atoms with Gasteiger partial charge in [0.2, 0.25) is 5.95 Å². The molecule has 0 radical (unpaired) electrons. The lowest BCUT2D eigenvalue weighted by molar-refractivity contribution is 0.120. The van der Waals surface area contributed by atoms with Crippen LogP contribution < -0.4 is 21.1 Å². The van der Waals surface area contributed by atoms with Gasteiger partial charge in [-0.1, -0.05) is 11.3 Å². The number of benzene rings is 1. The van der Waals surface area contributed by atoms with Gasteiger partial charge in [0.15, 0.2) is 5.13 Å². The molecule has 0 aliphatic carbocycles. The van der Waals surface area contributed by atoms with Crippen molar-refractivity contribution < 1.29 is 19.0 Å². The van der Waals surface area contributed by atoms with Gasteiger partial charge >= 0.3 is 6.09 Å². The Hall–Kier alpha value is -3.28. The van der Waals surface area contributed by atoms with Crippen LogP contribution in [0.2, 0.25) is 0 Å². The third kappa shape index (κ3) is 6.37. The number of nitrogens with two attached hydrogens (primary N) is 1. The van der Waals surface area contributed by atoms with Gasteiger partial charge in [-0.05, 0) is 49.1 Å². The van der Waals surface area contributed by atoms with Crippen LogP contribution in [0.3, 0.4) is 0 Å². The average Bonchev–Trinajstić information content (AvgIpc) is 3.50. The molecule has 2 aromatic heterocycles. The Bertz CT molecular complexity index is 1090. The number of ether oxygens (including phenoxy) is 3. The summed E-state index contributed by atoms with van der Waals surface area (Å²) in [5, 5.41) is 7.37. The van der Waals surface area contributed by atoms with E-state index in [2.05, 4.69) is 25.6 Å². The zero-order valence-corrected chi connectivity index (χ0v) is 19.1. The predicted octanol–water partition coefficient (Wildman–Crippen LogP) is 3.58. The number of anilines is 3. The second-order valence-electron chi connectivity index (χ2n) is 7.42. The SMILES string of the molecule is COCCc1cc(Nc2nccc(-c3cnc(NCC4CCCO4)s3)n2)ccc1OC(N)=O. The summed E-state index contributed by atoms with van der Waals surface area (Å²) in [6.45, 7) is 2.06. The fraction of sp³-hybridized carbons (Fsp3) is 0.364. The molecule has 1 amide bonds. The minimum absolute atomic E-state index is 0.251. The summed E-state index contributed by atoms with van der Waals surface area (Å²) in [4.78, 5) is 25.5. The number of thiazole rings is 1. The molecule has 33 heavy (non-hydrogen) atoms. The summed E-state index contributed by atoms with van der Waals surface area (Å²) in [7, 11) is 1.61. The van der Waals surface area contributed by atoms with E-state index in [0.29, 0.717) is 24.7 Å². The highest BCUT2D eigenvalue weighted by Gasteiger charge is 2.16. The number of carbonyl (C=O) groups is 1. The zero-order valence-electron chi connectivity index (χ0n) is 18.2. The lowest BCUT2D eigenvalue weighted by atomic mass is 10.1. The molecule has 4 rings (SSSR count). The van der Waals surface area contributed by atoms with Crippen LogP contribution >= 0.6 is 11.3 Å². The van der Waals surface area contributed by atoms with Crippen LogP contribution in [0.15, 0.2) is 36.7 Å². The summed E-state index contributed by atoms with van der Waals surface area (Å²) in [6, 6.07) is 7.14. The van der Waals surface area contributed by atoms with Gasteiger partial charge in [-0.3, -0.25) is 0 Å². The molecule has 1 fully saturated rings. The Morgan fingerprint density at radius 2 is 2.24 bits per heavy atom. The molecular weight excluding hydrogens is 444 g/mol. The predicted molar refractivity (Wildman–Crippen MR) is 126 cm³/mol. The molecule has 1 aliphatic rings. The molecule has 174 valence electrons. The molecular formula is C22H26N6O4S. The second kappa shape index (κ2) is 11.0. The maximum absolute atomic E-state index is 11.2. The third-order valence-electron chi connectivity index (χ3n) is 5.02. The van der Waals surface area contributed by atoms with E-state index in [1.54, 1.807) is 31.6 Å². The van der Waals surface area contributed by atoms with Crippen LogP contribution in [0.5, 0.6) is 5.75 Å². The van der Waals surface area contributed by atoms with Gasteiger partial charge in [-0.2, -0.15) is 0 Å². The van der Waals surface area contributed by atoms with Gasteiger partial charge in [0.25, 0.3) is 0 Å². The summed E-state index contributed by atoms with van der Waals surface area (Å²) in [5.74, 6) is 0.837. The molecule has 1 aromatic carbocycles. The highest BCUT2D eigenvalue weighted by atomic mass is 32.1. The molecule has 0 spiro atoms. The fourth-order valence-electron chi connectivity index (χ4n) is 3.44. The van der Waals surface area contributed by atoms with Crippen molar-refractivity contribution in [2.24, 2.45) is 5.73 Å². The number of hydrogen-bond donors (Lipinski definition) is 3. The monoisotopic (exact) mass is 470 g/mol. The highest BCUT2D eigenvalue weighted by Crippen LogP contribution is 2.29. The minimum Gasteiger partial charge on any atom is -0.410 e. The Morgan fingerprint density at radius 3 is 3.03 bits per heavy atom. The van der Waals surface area contributed by atoms with E-state index in [0.717, 1.165) is 52.9 Å². The number of hydrogen-bond acceptors (Lipinski definition) is 10. The molecule has 3 heterocycles. The van der Waals surface area contributed by atoms with E-state index < -0.39 is 6.09 Å². The first-order valence-electron chi connectivity index (χ1n) is 10.6. The van der Waals surface area contributed by atoms with Crippen molar-refractivity contribution in [1.82, 2.24) is 15.0 Å². The standard InChI is InChI=1S/C22H26N6O4S/c1-30-10-7-14-11-15(4-5-18(14)32-20(23)29)27-21-24-8-6-17(28-21)19-13-26-22(33-19)25-12-16-3-2-9-31-16/h4-6,8,11,13,16H,2-3,7,9-10,12H2,1H3,(H2,23,29)(H,25,26)(H,24,27,28). The summed E-state index contributed by atoms with van der Waals surface area (Å²) in [5.41, 5.74) is 7.46. The third-order valence-corrected chi connectivity index (χ3v) is 6.00. The summed E-state index contributed by atoms with van der Waals surface area (Å²) < 4.78 is 15.9. The van der Waals surface area contributed by atoms with Crippen molar-refractivity contribution in [3.63, 3.8) is 0 Å². The van der Waals surface area contributed by atoms with E-state index in [-0.39, 0.29) is 6.10 Å². The Labute approximate surface area is 195 Å². The largest absolute Gasteiger partial charge is 0.410 e. The van der Waals surface area contributed by atoms with E-state index >= 15 is 0 Å². The number of aromatic nitrogens is 3. The van der Waals surface area contributed by atoms with Gasteiger partial charge in [0, 0.05) is 38.3 Å².